The number of allylic oxidation sites excluding steroid dienone is 1. The lowest BCUT2D eigenvalue weighted by Gasteiger charge is -2.10. The molecule has 3 aromatic carbocycles. The van der Waals surface area contributed by atoms with Crippen molar-refractivity contribution in [3.8, 4) is 0 Å². The molecule has 0 aliphatic heterocycles. The van der Waals surface area contributed by atoms with Crippen LogP contribution in [0.3, 0.4) is 0 Å². The number of aromatic nitrogens is 1. The number of para-hydroxylation sites is 1. The summed E-state index contributed by atoms with van der Waals surface area (Å²) in [6.45, 7) is 2.19. The van der Waals surface area contributed by atoms with E-state index in [1.54, 1.807) is 6.08 Å². The molecule has 1 heterocycles. The Morgan fingerprint density at radius 3 is 2.45 bits per heavy atom. The lowest BCUT2D eigenvalue weighted by atomic mass is 9.96. The van der Waals surface area contributed by atoms with Crippen molar-refractivity contribution in [2.75, 3.05) is 6.61 Å². The molecule has 0 radical (unpaired) electrons. The van der Waals surface area contributed by atoms with Crippen LogP contribution in [0, 0.1) is 0 Å². The molecule has 0 atom stereocenters. The van der Waals surface area contributed by atoms with Crippen molar-refractivity contribution in [1.82, 2.24) is 4.98 Å². The summed E-state index contributed by atoms with van der Waals surface area (Å²) in [6, 6.07) is 26.8. The van der Waals surface area contributed by atoms with Crippen LogP contribution in [0.5, 0.6) is 0 Å². The van der Waals surface area contributed by atoms with Gasteiger partial charge in [-0.1, -0.05) is 60.7 Å². The van der Waals surface area contributed by atoms with Crippen LogP contribution in [0.25, 0.3) is 27.2 Å². The zero-order chi connectivity index (χ0) is 20.1. The normalized spacial score (nSPS) is 11.7. The zero-order valence-electron chi connectivity index (χ0n) is 16.5. The van der Waals surface area contributed by atoms with Gasteiger partial charge in [0, 0.05) is 17.2 Å². The topological polar surface area (TPSA) is 39.2 Å². The molecule has 0 aliphatic carbocycles. The maximum absolute atomic E-state index is 12.2. The number of benzene rings is 3. The van der Waals surface area contributed by atoms with Crippen molar-refractivity contribution in [3.63, 3.8) is 0 Å². The minimum Gasteiger partial charge on any atom is -0.463 e. The Balaban J connectivity index is 1.63. The molecule has 0 N–H and O–H groups in total. The van der Waals surface area contributed by atoms with Crippen LogP contribution in [0.4, 0.5) is 0 Å². The van der Waals surface area contributed by atoms with E-state index < -0.39 is 0 Å². The van der Waals surface area contributed by atoms with Crippen molar-refractivity contribution >= 4 is 33.2 Å². The monoisotopic (exact) mass is 381 g/mol. The number of carbonyl (C=O) groups is 1. The second-order valence-electron chi connectivity index (χ2n) is 6.98. The van der Waals surface area contributed by atoms with Crippen LogP contribution in [-0.2, 0) is 16.0 Å². The van der Waals surface area contributed by atoms with E-state index in [2.05, 4.69) is 48.5 Å². The summed E-state index contributed by atoms with van der Waals surface area (Å²) >= 11 is 0. The highest BCUT2D eigenvalue weighted by Crippen LogP contribution is 2.25. The van der Waals surface area contributed by atoms with Gasteiger partial charge >= 0.3 is 5.97 Å². The van der Waals surface area contributed by atoms with Gasteiger partial charge in [0.15, 0.2) is 0 Å². The number of aryl methyl sites for hydroxylation is 1. The van der Waals surface area contributed by atoms with Gasteiger partial charge in [-0.15, -0.1) is 0 Å². The molecule has 3 heteroatoms. The van der Waals surface area contributed by atoms with Gasteiger partial charge in [0.05, 0.1) is 12.1 Å². The fourth-order valence-corrected chi connectivity index (χ4v) is 3.53. The largest absolute Gasteiger partial charge is 0.463 e. The average Bonchev–Trinajstić information content (AvgIpc) is 2.76. The van der Waals surface area contributed by atoms with Crippen molar-refractivity contribution < 1.29 is 9.53 Å². The van der Waals surface area contributed by atoms with Gasteiger partial charge in [-0.05, 0) is 59.9 Å². The molecule has 1 aromatic heterocycles. The first-order valence-electron chi connectivity index (χ1n) is 9.94. The molecule has 0 amide bonds. The standard InChI is InChI=1S/C26H23NO2/c1-2-29-26(28)18-23(22-12-11-19-7-3-4-9-21(19)17-22)14-16-24-15-13-20-8-5-6-10-25(20)27-24/h3-13,15,17-18H,2,14,16H2,1H3/b23-18-. The highest BCUT2D eigenvalue weighted by Gasteiger charge is 2.09. The molecule has 4 aromatic rings. The van der Waals surface area contributed by atoms with Gasteiger partial charge in [-0.25, -0.2) is 4.79 Å². The van der Waals surface area contributed by atoms with Crippen LogP contribution in [0.15, 0.2) is 84.9 Å². The van der Waals surface area contributed by atoms with E-state index in [-0.39, 0.29) is 5.97 Å². The fraction of sp³-hybridized carbons (Fsp3) is 0.154. The van der Waals surface area contributed by atoms with E-state index in [9.17, 15) is 4.79 Å². The molecule has 0 bridgehead atoms. The van der Waals surface area contributed by atoms with Crippen molar-refractivity contribution in [2.45, 2.75) is 19.8 Å². The molecule has 3 nitrogen and oxygen atoms in total. The summed E-state index contributed by atoms with van der Waals surface area (Å²) in [6.07, 6.45) is 3.08. The summed E-state index contributed by atoms with van der Waals surface area (Å²) in [4.78, 5) is 16.9. The predicted octanol–water partition coefficient (Wildman–Crippen LogP) is 5.97. The van der Waals surface area contributed by atoms with E-state index in [0.29, 0.717) is 13.0 Å². The van der Waals surface area contributed by atoms with Gasteiger partial charge in [-0.3, -0.25) is 4.98 Å². The van der Waals surface area contributed by atoms with Crippen LogP contribution >= 0.6 is 0 Å². The number of hydrogen-bond acceptors (Lipinski definition) is 3. The Bertz CT molecular complexity index is 1190. The predicted molar refractivity (Wildman–Crippen MR) is 119 cm³/mol. The zero-order valence-corrected chi connectivity index (χ0v) is 16.5. The Morgan fingerprint density at radius 1 is 0.897 bits per heavy atom. The van der Waals surface area contributed by atoms with Crippen LogP contribution in [0.2, 0.25) is 0 Å². The number of esters is 1. The smallest absolute Gasteiger partial charge is 0.331 e. The number of pyridine rings is 1. The Labute approximate surface area is 170 Å². The maximum Gasteiger partial charge on any atom is 0.331 e. The Hall–Kier alpha value is -3.46. The Kier molecular flexibility index (Phi) is 5.66. The van der Waals surface area contributed by atoms with E-state index in [0.717, 1.165) is 39.5 Å². The van der Waals surface area contributed by atoms with E-state index in [1.807, 2.05) is 37.3 Å². The molecule has 29 heavy (non-hydrogen) atoms. The molecule has 0 saturated heterocycles. The van der Waals surface area contributed by atoms with E-state index in [4.69, 9.17) is 9.72 Å². The first-order chi connectivity index (χ1) is 14.2. The third-order valence-corrected chi connectivity index (χ3v) is 5.01. The van der Waals surface area contributed by atoms with Gasteiger partial charge < -0.3 is 4.74 Å². The highest BCUT2D eigenvalue weighted by atomic mass is 16.5. The molecular weight excluding hydrogens is 358 g/mol. The highest BCUT2D eigenvalue weighted by molar-refractivity contribution is 5.93. The summed E-state index contributed by atoms with van der Waals surface area (Å²) in [5.41, 5.74) is 4.01. The van der Waals surface area contributed by atoms with Gasteiger partial charge in [0.1, 0.15) is 0 Å². The lowest BCUT2D eigenvalue weighted by Crippen LogP contribution is -2.02. The maximum atomic E-state index is 12.2. The molecular formula is C26H23NO2. The number of rotatable bonds is 6. The first kappa shape index (κ1) is 18.9. The average molecular weight is 381 g/mol. The van der Waals surface area contributed by atoms with Crippen molar-refractivity contribution in [2.24, 2.45) is 0 Å². The van der Waals surface area contributed by atoms with Crippen molar-refractivity contribution in [3.05, 3.63) is 96.2 Å². The number of ether oxygens (including phenoxy) is 1. The second kappa shape index (κ2) is 8.70. The molecule has 0 aliphatic rings. The third-order valence-electron chi connectivity index (χ3n) is 5.01. The lowest BCUT2D eigenvalue weighted by molar-refractivity contribution is -0.137. The SMILES string of the molecule is CCOC(=O)/C=C(/CCc1ccc2ccccc2n1)c1ccc2ccccc2c1. The van der Waals surface area contributed by atoms with Gasteiger partial charge in [0.2, 0.25) is 0 Å². The first-order valence-corrected chi connectivity index (χ1v) is 9.94. The van der Waals surface area contributed by atoms with Crippen LogP contribution < -0.4 is 0 Å². The molecule has 4 rings (SSSR count). The van der Waals surface area contributed by atoms with Gasteiger partial charge in [0.25, 0.3) is 0 Å². The summed E-state index contributed by atoms with van der Waals surface area (Å²) in [5, 5.41) is 3.47. The molecule has 0 unspecified atom stereocenters. The number of fused-ring (bicyclic) bond motifs is 2. The second-order valence-corrected chi connectivity index (χ2v) is 6.98. The fourth-order valence-electron chi connectivity index (χ4n) is 3.53. The number of nitrogens with zero attached hydrogens (tertiary/aromatic N) is 1. The van der Waals surface area contributed by atoms with Gasteiger partial charge in [-0.2, -0.15) is 0 Å². The summed E-state index contributed by atoms with van der Waals surface area (Å²) in [7, 11) is 0. The minimum absolute atomic E-state index is 0.304. The molecule has 0 saturated carbocycles. The minimum atomic E-state index is -0.304. The Morgan fingerprint density at radius 2 is 1.62 bits per heavy atom. The quantitative estimate of drug-likeness (QED) is 0.305. The van der Waals surface area contributed by atoms with Crippen LogP contribution in [0.1, 0.15) is 24.6 Å². The molecule has 0 spiro atoms. The van der Waals surface area contributed by atoms with Crippen LogP contribution in [-0.4, -0.2) is 17.6 Å². The number of hydrogen-bond donors (Lipinski definition) is 0. The molecule has 144 valence electrons. The van der Waals surface area contributed by atoms with Crippen molar-refractivity contribution in [1.29, 1.82) is 0 Å². The number of carbonyl (C=O) groups excluding carboxylic acids is 1. The summed E-state index contributed by atoms with van der Waals surface area (Å²) in [5.74, 6) is -0.304. The van der Waals surface area contributed by atoms with E-state index >= 15 is 0 Å². The summed E-state index contributed by atoms with van der Waals surface area (Å²) < 4.78 is 5.16. The molecule has 0 fully saturated rings. The van der Waals surface area contributed by atoms with E-state index in [1.165, 1.54) is 5.39 Å². The third kappa shape index (κ3) is 4.52.